The summed E-state index contributed by atoms with van der Waals surface area (Å²) in [6.45, 7) is 3.30. The molecule has 5 heteroatoms. The Labute approximate surface area is 99.1 Å². The maximum absolute atomic E-state index is 10.7. The SMILES string of the molecule is CC(O)CCN(C)Cc1ccc(C(=O)O)s1. The fraction of sp³-hybridized carbons (Fsp3) is 0.545. The lowest BCUT2D eigenvalue weighted by molar-refractivity contribution is 0.0702. The second-order valence-corrected chi connectivity index (χ2v) is 5.11. The predicted molar refractivity (Wildman–Crippen MR) is 63.9 cm³/mol. The number of thiophene rings is 1. The number of rotatable bonds is 6. The number of nitrogens with zero attached hydrogens (tertiary/aromatic N) is 1. The number of aliphatic hydroxyl groups excluding tert-OH is 1. The molecule has 2 N–H and O–H groups in total. The minimum absolute atomic E-state index is 0.291. The number of carboxylic acid groups (broad SMARTS) is 1. The van der Waals surface area contributed by atoms with Crippen LogP contribution in [0, 0.1) is 0 Å². The second-order valence-electron chi connectivity index (χ2n) is 3.95. The minimum Gasteiger partial charge on any atom is -0.477 e. The van der Waals surface area contributed by atoms with Gasteiger partial charge in [-0.1, -0.05) is 0 Å². The van der Waals surface area contributed by atoms with Crippen molar-refractivity contribution in [3.63, 3.8) is 0 Å². The molecule has 0 saturated heterocycles. The largest absolute Gasteiger partial charge is 0.477 e. The Bertz CT molecular complexity index is 349. The van der Waals surface area contributed by atoms with Crippen molar-refractivity contribution in [3.8, 4) is 0 Å². The highest BCUT2D eigenvalue weighted by atomic mass is 32.1. The summed E-state index contributed by atoms with van der Waals surface area (Å²) in [6.07, 6.45) is 0.438. The van der Waals surface area contributed by atoms with Crippen LogP contribution in [0.15, 0.2) is 12.1 Å². The van der Waals surface area contributed by atoms with E-state index in [2.05, 4.69) is 4.90 Å². The van der Waals surface area contributed by atoms with Crippen LogP contribution in [-0.4, -0.2) is 40.8 Å². The van der Waals surface area contributed by atoms with Gasteiger partial charge in [-0.2, -0.15) is 0 Å². The third-order valence-corrected chi connectivity index (χ3v) is 3.28. The number of carbonyl (C=O) groups is 1. The van der Waals surface area contributed by atoms with Gasteiger partial charge in [0.1, 0.15) is 4.88 Å². The van der Waals surface area contributed by atoms with Gasteiger partial charge < -0.3 is 15.1 Å². The molecule has 0 amide bonds. The normalized spacial score (nSPS) is 13.0. The molecule has 0 saturated carbocycles. The number of hydrogen-bond donors (Lipinski definition) is 2. The Kier molecular flexibility index (Phi) is 4.92. The third kappa shape index (κ3) is 4.30. The zero-order chi connectivity index (χ0) is 12.1. The molecule has 1 atom stereocenters. The Morgan fingerprint density at radius 2 is 2.25 bits per heavy atom. The van der Waals surface area contributed by atoms with Crippen LogP contribution in [0.25, 0.3) is 0 Å². The van der Waals surface area contributed by atoms with Gasteiger partial charge in [-0.3, -0.25) is 0 Å². The van der Waals surface area contributed by atoms with E-state index < -0.39 is 5.97 Å². The van der Waals surface area contributed by atoms with Crippen molar-refractivity contribution >= 4 is 17.3 Å². The van der Waals surface area contributed by atoms with E-state index in [4.69, 9.17) is 10.2 Å². The topological polar surface area (TPSA) is 60.8 Å². The van der Waals surface area contributed by atoms with Crippen LogP contribution in [-0.2, 0) is 6.54 Å². The monoisotopic (exact) mass is 243 g/mol. The quantitative estimate of drug-likeness (QED) is 0.797. The molecule has 1 unspecified atom stereocenters. The molecule has 0 aliphatic carbocycles. The maximum Gasteiger partial charge on any atom is 0.345 e. The van der Waals surface area contributed by atoms with Crippen molar-refractivity contribution in [1.29, 1.82) is 0 Å². The smallest absolute Gasteiger partial charge is 0.345 e. The number of aliphatic hydroxyl groups is 1. The Morgan fingerprint density at radius 3 is 2.75 bits per heavy atom. The lowest BCUT2D eigenvalue weighted by Crippen LogP contribution is -2.21. The average molecular weight is 243 g/mol. The van der Waals surface area contributed by atoms with Gasteiger partial charge in [0, 0.05) is 18.0 Å². The lowest BCUT2D eigenvalue weighted by Gasteiger charge is -2.16. The molecule has 0 bridgehead atoms. The summed E-state index contributed by atoms with van der Waals surface area (Å²) in [7, 11) is 1.96. The molecule has 4 nitrogen and oxygen atoms in total. The minimum atomic E-state index is -0.872. The molecule has 1 heterocycles. The molecule has 0 aliphatic rings. The van der Waals surface area contributed by atoms with Gasteiger partial charge in [0.05, 0.1) is 6.10 Å². The summed E-state index contributed by atoms with van der Waals surface area (Å²) in [5.41, 5.74) is 0. The molecule has 90 valence electrons. The highest BCUT2D eigenvalue weighted by Gasteiger charge is 2.08. The molecule has 16 heavy (non-hydrogen) atoms. The van der Waals surface area contributed by atoms with E-state index in [-0.39, 0.29) is 6.10 Å². The van der Waals surface area contributed by atoms with Crippen molar-refractivity contribution in [1.82, 2.24) is 4.90 Å². The summed E-state index contributed by atoms with van der Waals surface area (Å²) in [5, 5.41) is 17.9. The molecule has 0 radical (unpaired) electrons. The molecular formula is C11H17NO3S. The van der Waals surface area contributed by atoms with Crippen LogP contribution in [0.5, 0.6) is 0 Å². The van der Waals surface area contributed by atoms with Crippen molar-refractivity contribution in [3.05, 3.63) is 21.9 Å². The molecule has 1 aromatic heterocycles. The average Bonchev–Trinajstić information content (AvgIpc) is 2.63. The zero-order valence-corrected chi connectivity index (χ0v) is 10.3. The summed E-state index contributed by atoms with van der Waals surface area (Å²) in [6, 6.07) is 3.47. The maximum atomic E-state index is 10.7. The molecule has 0 aliphatic heterocycles. The van der Waals surface area contributed by atoms with Gasteiger partial charge in [-0.25, -0.2) is 4.79 Å². The van der Waals surface area contributed by atoms with Crippen LogP contribution in [0.1, 0.15) is 27.9 Å². The summed E-state index contributed by atoms with van der Waals surface area (Å²) >= 11 is 1.30. The molecule has 1 rings (SSSR count). The van der Waals surface area contributed by atoms with E-state index >= 15 is 0 Å². The predicted octanol–water partition coefficient (Wildman–Crippen LogP) is 1.65. The lowest BCUT2D eigenvalue weighted by atomic mass is 10.3. The van der Waals surface area contributed by atoms with Crippen molar-refractivity contribution in [2.24, 2.45) is 0 Å². The van der Waals surface area contributed by atoms with E-state index in [1.165, 1.54) is 11.3 Å². The van der Waals surface area contributed by atoms with E-state index in [9.17, 15) is 4.79 Å². The van der Waals surface area contributed by atoms with Gasteiger partial charge in [0.25, 0.3) is 0 Å². The Hall–Kier alpha value is -0.910. The first-order chi connectivity index (χ1) is 7.49. The molecular weight excluding hydrogens is 226 g/mol. The Morgan fingerprint density at radius 1 is 1.56 bits per heavy atom. The second kappa shape index (κ2) is 5.98. The molecule has 0 aromatic carbocycles. The van der Waals surface area contributed by atoms with Crippen LogP contribution in [0.4, 0.5) is 0 Å². The highest BCUT2D eigenvalue weighted by molar-refractivity contribution is 7.13. The first-order valence-corrected chi connectivity index (χ1v) is 5.99. The first kappa shape index (κ1) is 13.2. The summed E-state index contributed by atoms with van der Waals surface area (Å²) in [4.78, 5) is 14.2. The Balaban J connectivity index is 2.43. The summed E-state index contributed by atoms with van der Waals surface area (Å²) < 4.78 is 0. The van der Waals surface area contributed by atoms with Gasteiger partial charge in [0.2, 0.25) is 0 Å². The van der Waals surface area contributed by atoms with E-state index in [0.717, 1.165) is 24.4 Å². The number of hydrogen-bond acceptors (Lipinski definition) is 4. The van der Waals surface area contributed by atoms with E-state index in [0.29, 0.717) is 4.88 Å². The van der Waals surface area contributed by atoms with E-state index in [1.54, 1.807) is 13.0 Å². The van der Waals surface area contributed by atoms with Crippen molar-refractivity contribution in [2.45, 2.75) is 26.0 Å². The zero-order valence-electron chi connectivity index (χ0n) is 9.51. The van der Waals surface area contributed by atoms with Crippen molar-refractivity contribution in [2.75, 3.05) is 13.6 Å². The van der Waals surface area contributed by atoms with Crippen LogP contribution >= 0.6 is 11.3 Å². The van der Waals surface area contributed by atoms with Crippen LogP contribution in [0.3, 0.4) is 0 Å². The molecule has 0 spiro atoms. The highest BCUT2D eigenvalue weighted by Crippen LogP contribution is 2.17. The molecule has 1 aromatic rings. The number of aromatic carboxylic acids is 1. The van der Waals surface area contributed by atoms with Gasteiger partial charge >= 0.3 is 5.97 Å². The standard InChI is InChI=1S/C11H17NO3S/c1-8(13)5-6-12(2)7-9-3-4-10(16-9)11(14)15/h3-4,8,13H,5-7H2,1-2H3,(H,14,15). The van der Waals surface area contributed by atoms with Crippen LogP contribution < -0.4 is 0 Å². The first-order valence-electron chi connectivity index (χ1n) is 5.17. The third-order valence-electron chi connectivity index (χ3n) is 2.23. The number of carboxylic acids is 1. The van der Waals surface area contributed by atoms with Crippen molar-refractivity contribution < 1.29 is 15.0 Å². The summed E-state index contributed by atoms with van der Waals surface area (Å²) in [5.74, 6) is -0.872. The van der Waals surface area contributed by atoms with Gasteiger partial charge in [-0.05, 0) is 32.5 Å². The van der Waals surface area contributed by atoms with Crippen LogP contribution in [0.2, 0.25) is 0 Å². The van der Waals surface area contributed by atoms with Gasteiger partial charge in [-0.15, -0.1) is 11.3 Å². The fourth-order valence-corrected chi connectivity index (χ4v) is 2.26. The van der Waals surface area contributed by atoms with Gasteiger partial charge in [0.15, 0.2) is 0 Å². The molecule has 0 fully saturated rings. The van der Waals surface area contributed by atoms with E-state index in [1.807, 2.05) is 13.1 Å². The fourth-order valence-electron chi connectivity index (χ4n) is 1.33.